The van der Waals surface area contributed by atoms with Crippen molar-refractivity contribution in [2.24, 2.45) is 11.7 Å². The van der Waals surface area contributed by atoms with Crippen molar-refractivity contribution in [1.82, 2.24) is 4.98 Å². The molecule has 2 rings (SSSR count). The van der Waals surface area contributed by atoms with Gasteiger partial charge in [0.2, 0.25) is 0 Å². The van der Waals surface area contributed by atoms with Crippen LogP contribution in [0.5, 0.6) is 0 Å². The Morgan fingerprint density at radius 2 is 2.43 bits per heavy atom. The molecule has 14 heavy (non-hydrogen) atoms. The minimum Gasteiger partial charge on any atom is -0.330 e. The van der Waals surface area contributed by atoms with Gasteiger partial charge in [-0.15, -0.1) is 0 Å². The lowest BCUT2D eigenvalue weighted by atomic mass is 10.2. The van der Waals surface area contributed by atoms with Crippen LogP contribution in [0.15, 0.2) is 18.3 Å². The van der Waals surface area contributed by atoms with E-state index in [1.54, 1.807) is 6.07 Å². The first kappa shape index (κ1) is 9.08. The Hall–Kier alpha value is -1.49. The predicted molar refractivity (Wildman–Crippen MR) is 50.8 cm³/mol. The second kappa shape index (κ2) is 3.34. The smallest absolute Gasteiger partial charge is 0.287 e. The molecule has 0 bridgehead atoms. The van der Waals surface area contributed by atoms with Gasteiger partial charge in [-0.1, -0.05) is 0 Å². The fourth-order valence-corrected chi connectivity index (χ4v) is 1.60. The summed E-state index contributed by atoms with van der Waals surface area (Å²) in [6.45, 7) is 0.670. The molecule has 1 heterocycles. The monoisotopic (exact) mass is 193 g/mol. The lowest BCUT2D eigenvalue weighted by Crippen LogP contribution is -2.02. The molecule has 74 valence electrons. The van der Waals surface area contributed by atoms with Crippen LogP contribution in [0, 0.1) is 16.0 Å². The van der Waals surface area contributed by atoms with Crippen molar-refractivity contribution in [3.05, 3.63) is 34.1 Å². The number of nitrogens with zero attached hydrogens (tertiary/aromatic N) is 2. The van der Waals surface area contributed by atoms with Gasteiger partial charge in [0.15, 0.2) is 0 Å². The van der Waals surface area contributed by atoms with E-state index in [-0.39, 0.29) is 5.69 Å². The van der Waals surface area contributed by atoms with Crippen molar-refractivity contribution in [2.45, 2.75) is 12.3 Å². The van der Waals surface area contributed by atoms with Crippen LogP contribution in [0.4, 0.5) is 5.69 Å². The molecule has 1 saturated carbocycles. The quantitative estimate of drug-likeness (QED) is 0.574. The Balaban J connectivity index is 2.11. The fourth-order valence-electron chi connectivity index (χ4n) is 1.60. The van der Waals surface area contributed by atoms with Crippen LogP contribution in [0.2, 0.25) is 0 Å². The summed E-state index contributed by atoms with van der Waals surface area (Å²) in [5, 5.41) is 10.4. The molecule has 0 amide bonds. The maximum absolute atomic E-state index is 10.4. The maximum atomic E-state index is 10.4. The second-order valence-electron chi connectivity index (χ2n) is 3.54. The molecule has 1 aromatic rings. The highest BCUT2D eigenvalue weighted by atomic mass is 16.6. The van der Waals surface area contributed by atoms with Gasteiger partial charge in [0.25, 0.3) is 5.69 Å². The third-order valence-corrected chi connectivity index (χ3v) is 2.59. The summed E-state index contributed by atoms with van der Waals surface area (Å²) in [6.07, 6.45) is 2.36. The summed E-state index contributed by atoms with van der Waals surface area (Å²) in [7, 11) is 0. The molecule has 0 aliphatic heterocycles. The maximum Gasteiger partial charge on any atom is 0.287 e. The molecular weight excluding hydrogens is 182 g/mol. The van der Waals surface area contributed by atoms with Crippen LogP contribution in [0.1, 0.15) is 18.0 Å². The van der Waals surface area contributed by atoms with Gasteiger partial charge >= 0.3 is 0 Å². The van der Waals surface area contributed by atoms with E-state index < -0.39 is 4.92 Å². The molecule has 1 aliphatic rings. The lowest BCUT2D eigenvalue weighted by Gasteiger charge is -1.97. The summed E-state index contributed by atoms with van der Waals surface area (Å²) in [5.74, 6) is 0.935. The van der Waals surface area contributed by atoms with Crippen LogP contribution >= 0.6 is 0 Å². The van der Waals surface area contributed by atoms with Gasteiger partial charge in [-0.3, -0.25) is 15.1 Å². The molecule has 0 saturated heterocycles. The number of hydrogen-bond donors (Lipinski definition) is 1. The van der Waals surface area contributed by atoms with E-state index in [9.17, 15) is 10.1 Å². The third-order valence-electron chi connectivity index (χ3n) is 2.59. The molecule has 2 atom stereocenters. The Morgan fingerprint density at radius 3 is 2.86 bits per heavy atom. The third kappa shape index (κ3) is 1.58. The summed E-state index contributed by atoms with van der Waals surface area (Å²) in [6, 6.07) is 3.21. The van der Waals surface area contributed by atoms with Crippen LogP contribution in [0.25, 0.3) is 0 Å². The number of nitro groups is 1. The molecule has 0 radical (unpaired) electrons. The highest BCUT2D eigenvalue weighted by Gasteiger charge is 2.38. The molecule has 0 spiro atoms. The highest BCUT2D eigenvalue weighted by molar-refractivity contribution is 5.30. The van der Waals surface area contributed by atoms with E-state index in [1.165, 1.54) is 12.3 Å². The van der Waals surface area contributed by atoms with Crippen molar-refractivity contribution in [3.8, 4) is 0 Å². The molecule has 1 fully saturated rings. The molecule has 1 aliphatic carbocycles. The standard InChI is InChI=1S/C9H11N3O2/c10-4-6-3-8(6)9-2-1-7(5-11-9)12(13)14/h1-2,5-6,8H,3-4,10H2. The summed E-state index contributed by atoms with van der Waals surface area (Å²) >= 11 is 0. The average Bonchev–Trinajstić information content (AvgIpc) is 2.97. The normalized spacial score (nSPS) is 24.6. The largest absolute Gasteiger partial charge is 0.330 e. The molecule has 5 nitrogen and oxygen atoms in total. The molecule has 0 aromatic carbocycles. The Kier molecular flexibility index (Phi) is 2.17. The Labute approximate surface area is 81.1 Å². The van der Waals surface area contributed by atoms with Crippen LogP contribution in [0.3, 0.4) is 0 Å². The molecular formula is C9H11N3O2. The first-order chi connectivity index (χ1) is 6.72. The first-order valence-electron chi connectivity index (χ1n) is 4.52. The zero-order valence-corrected chi connectivity index (χ0v) is 7.59. The number of nitrogens with two attached hydrogens (primary N) is 1. The van der Waals surface area contributed by atoms with Crippen molar-refractivity contribution in [2.75, 3.05) is 6.54 Å². The summed E-state index contributed by atoms with van der Waals surface area (Å²) < 4.78 is 0. The van der Waals surface area contributed by atoms with E-state index in [4.69, 9.17) is 5.73 Å². The van der Waals surface area contributed by atoms with Crippen molar-refractivity contribution >= 4 is 5.69 Å². The van der Waals surface area contributed by atoms with Gasteiger partial charge in [-0.25, -0.2) is 0 Å². The number of hydrogen-bond acceptors (Lipinski definition) is 4. The molecule has 5 heteroatoms. The molecule has 2 unspecified atom stereocenters. The second-order valence-corrected chi connectivity index (χ2v) is 3.54. The van der Waals surface area contributed by atoms with Crippen molar-refractivity contribution in [1.29, 1.82) is 0 Å². The van der Waals surface area contributed by atoms with Gasteiger partial charge in [0.05, 0.1) is 4.92 Å². The number of aromatic nitrogens is 1. The summed E-state index contributed by atoms with van der Waals surface area (Å²) in [5.41, 5.74) is 6.47. The zero-order chi connectivity index (χ0) is 10.1. The van der Waals surface area contributed by atoms with Crippen LogP contribution in [-0.4, -0.2) is 16.5 Å². The molecule has 1 aromatic heterocycles. The average molecular weight is 193 g/mol. The number of rotatable bonds is 3. The van der Waals surface area contributed by atoms with Gasteiger partial charge in [0, 0.05) is 17.7 Å². The number of pyridine rings is 1. The predicted octanol–water partition coefficient (Wildman–Crippen LogP) is 1.05. The van der Waals surface area contributed by atoms with Gasteiger partial charge in [0.1, 0.15) is 6.20 Å². The summed E-state index contributed by atoms with van der Waals surface area (Å²) in [4.78, 5) is 14.0. The van der Waals surface area contributed by atoms with E-state index in [2.05, 4.69) is 4.98 Å². The topological polar surface area (TPSA) is 82.0 Å². The van der Waals surface area contributed by atoms with Gasteiger partial charge < -0.3 is 5.73 Å². The van der Waals surface area contributed by atoms with E-state index in [0.717, 1.165) is 12.1 Å². The van der Waals surface area contributed by atoms with Gasteiger partial charge in [-0.2, -0.15) is 0 Å². The highest BCUT2D eigenvalue weighted by Crippen LogP contribution is 2.45. The Morgan fingerprint density at radius 1 is 1.64 bits per heavy atom. The first-order valence-corrected chi connectivity index (χ1v) is 4.52. The lowest BCUT2D eigenvalue weighted by molar-refractivity contribution is -0.385. The van der Waals surface area contributed by atoms with Crippen LogP contribution < -0.4 is 5.73 Å². The fraction of sp³-hybridized carbons (Fsp3) is 0.444. The zero-order valence-electron chi connectivity index (χ0n) is 7.59. The van der Waals surface area contributed by atoms with E-state index in [0.29, 0.717) is 18.4 Å². The minimum absolute atomic E-state index is 0.0405. The van der Waals surface area contributed by atoms with Crippen molar-refractivity contribution < 1.29 is 4.92 Å². The minimum atomic E-state index is -0.440. The van der Waals surface area contributed by atoms with Crippen LogP contribution in [-0.2, 0) is 0 Å². The molecule has 2 N–H and O–H groups in total. The van der Waals surface area contributed by atoms with E-state index in [1.807, 2.05) is 0 Å². The van der Waals surface area contributed by atoms with Gasteiger partial charge in [-0.05, 0) is 24.9 Å². The van der Waals surface area contributed by atoms with Crippen molar-refractivity contribution in [3.63, 3.8) is 0 Å². The SMILES string of the molecule is NCC1CC1c1ccc([N+](=O)[O-])cn1. The van der Waals surface area contributed by atoms with E-state index >= 15 is 0 Å². The Bertz CT molecular complexity index is 350.